The van der Waals surface area contributed by atoms with Crippen molar-refractivity contribution in [1.29, 1.82) is 0 Å². The molecule has 1 heterocycles. The first-order chi connectivity index (χ1) is 5.92. The van der Waals surface area contributed by atoms with Crippen molar-refractivity contribution in [3.05, 3.63) is 29.8 Å². The number of rotatable bonds is 2. The van der Waals surface area contributed by atoms with Gasteiger partial charge in [0.25, 0.3) is 0 Å². The van der Waals surface area contributed by atoms with Crippen molar-refractivity contribution in [3.63, 3.8) is 0 Å². The molecule has 0 saturated heterocycles. The van der Waals surface area contributed by atoms with Crippen molar-refractivity contribution in [2.75, 3.05) is 12.3 Å². The average molecular weight is 180 g/mol. The van der Waals surface area contributed by atoms with E-state index in [1.165, 1.54) is 10.5 Å². The van der Waals surface area contributed by atoms with Crippen LogP contribution in [-0.2, 0) is 0 Å². The number of nitrogens with two attached hydrogens (primary N) is 1. The molecule has 1 aromatic rings. The van der Waals surface area contributed by atoms with E-state index >= 15 is 0 Å². The zero-order chi connectivity index (χ0) is 8.39. The predicted molar refractivity (Wildman–Crippen MR) is 52.1 cm³/mol. The number of nitrogens with one attached hydrogen (secondary N) is 1. The summed E-state index contributed by atoms with van der Waals surface area (Å²) in [6, 6.07) is 8.55. The summed E-state index contributed by atoms with van der Waals surface area (Å²) in [7, 11) is 0. The van der Waals surface area contributed by atoms with Crippen LogP contribution in [0.4, 0.5) is 0 Å². The molecular formula is C9H12N2S. The van der Waals surface area contributed by atoms with Crippen LogP contribution in [0.2, 0.25) is 0 Å². The summed E-state index contributed by atoms with van der Waals surface area (Å²) in [5.41, 5.74) is 4.18. The van der Waals surface area contributed by atoms with E-state index in [4.69, 9.17) is 5.84 Å². The molecule has 1 aliphatic rings. The van der Waals surface area contributed by atoms with Gasteiger partial charge in [-0.25, -0.2) is 0 Å². The molecule has 3 N–H and O–H groups in total. The predicted octanol–water partition coefficient (Wildman–Crippen LogP) is 1.34. The second kappa shape index (κ2) is 3.47. The lowest BCUT2D eigenvalue weighted by atomic mass is 10.0. The quantitative estimate of drug-likeness (QED) is 0.533. The van der Waals surface area contributed by atoms with Crippen molar-refractivity contribution in [1.82, 2.24) is 5.43 Å². The van der Waals surface area contributed by atoms with Crippen LogP contribution in [0.3, 0.4) is 0 Å². The normalized spacial score (nSPS) is 20.9. The van der Waals surface area contributed by atoms with Gasteiger partial charge in [-0.15, -0.1) is 11.8 Å². The summed E-state index contributed by atoms with van der Waals surface area (Å²) in [6.07, 6.45) is 0. The molecule has 0 fully saturated rings. The van der Waals surface area contributed by atoms with Gasteiger partial charge in [-0.05, 0) is 11.6 Å². The van der Waals surface area contributed by atoms with Crippen molar-refractivity contribution < 1.29 is 0 Å². The Morgan fingerprint density at radius 3 is 3.17 bits per heavy atom. The second-order valence-electron chi connectivity index (χ2n) is 2.95. The van der Waals surface area contributed by atoms with Gasteiger partial charge in [-0.2, -0.15) is 0 Å². The van der Waals surface area contributed by atoms with Crippen LogP contribution >= 0.6 is 11.8 Å². The van der Waals surface area contributed by atoms with Gasteiger partial charge < -0.3 is 0 Å². The third kappa shape index (κ3) is 1.35. The van der Waals surface area contributed by atoms with Gasteiger partial charge in [0.1, 0.15) is 0 Å². The molecule has 1 aromatic carbocycles. The van der Waals surface area contributed by atoms with Crippen LogP contribution in [0.25, 0.3) is 0 Å². The number of hydrogen-bond acceptors (Lipinski definition) is 3. The van der Waals surface area contributed by atoms with Crippen molar-refractivity contribution in [3.8, 4) is 0 Å². The monoisotopic (exact) mass is 180 g/mol. The Morgan fingerprint density at radius 2 is 2.33 bits per heavy atom. The minimum absolute atomic E-state index is 0.594. The summed E-state index contributed by atoms with van der Waals surface area (Å²) in [6.45, 7) is 0.879. The SMILES string of the molecule is NNCC1CSc2ccccc21. The maximum absolute atomic E-state index is 5.31. The fourth-order valence-electron chi connectivity index (χ4n) is 1.54. The maximum Gasteiger partial charge on any atom is 0.0175 e. The Hall–Kier alpha value is -0.510. The highest BCUT2D eigenvalue weighted by Gasteiger charge is 2.21. The molecule has 12 heavy (non-hydrogen) atoms. The van der Waals surface area contributed by atoms with Gasteiger partial charge in [0, 0.05) is 23.1 Å². The molecule has 2 nitrogen and oxygen atoms in total. The van der Waals surface area contributed by atoms with Gasteiger partial charge in [-0.1, -0.05) is 18.2 Å². The molecule has 0 aromatic heterocycles. The van der Waals surface area contributed by atoms with Gasteiger partial charge >= 0.3 is 0 Å². The van der Waals surface area contributed by atoms with Crippen LogP contribution < -0.4 is 11.3 Å². The Bertz CT molecular complexity index is 273. The van der Waals surface area contributed by atoms with E-state index in [0.29, 0.717) is 5.92 Å². The number of benzene rings is 1. The largest absolute Gasteiger partial charge is 0.271 e. The van der Waals surface area contributed by atoms with E-state index in [1.807, 2.05) is 11.8 Å². The summed E-state index contributed by atoms with van der Waals surface area (Å²) in [4.78, 5) is 1.41. The molecule has 64 valence electrons. The van der Waals surface area contributed by atoms with Crippen molar-refractivity contribution in [2.24, 2.45) is 5.84 Å². The third-order valence-corrected chi connectivity index (χ3v) is 3.41. The van der Waals surface area contributed by atoms with Crippen molar-refractivity contribution >= 4 is 11.8 Å². The third-order valence-electron chi connectivity index (χ3n) is 2.16. The van der Waals surface area contributed by atoms with Gasteiger partial charge in [0.2, 0.25) is 0 Å². The zero-order valence-electron chi connectivity index (χ0n) is 6.79. The number of thioether (sulfide) groups is 1. The second-order valence-corrected chi connectivity index (χ2v) is 4.02. The molecular weight excluding hydrogens is 168 g/mol. The lowest BCUT2D eigenvalue weighted by molar-refractivity contribution is 0.647. The molecule has 0 bridgehead atoms. The smallest absolute Gasteiger partial charge is 0.0175 e. The molecule has 1 atom stereocenters. The highest BCUT2D eigenvalue weighted by atomic mass is 32.2. The summed E-state index contributed by atoms with van der Waals surface area (Å²) in [5.74, 6) is 7.06. The molecule has 1 unspecified atom stereocenters. The average Bonchev–Trinajstić information content (AvgIpc) is 2.50. The fraction of sp³-hybridized carbons (Fsp3) is 0.333. The van der Waals surface area contributed by atoms with E-state index in [2.05, 4.69) is 29.7 Å². The Morgan fingerprint density at radius 1 is 1.50 bits per heavy atom. The minimum Gasteiger partial charge on any atom is -0.271 e. The maximum atomic E-state index is 5.31. The highest BCUT2D eigenvalue weighted by molar-refractivity contribution is 7.99. The van der Waals surface area contributed by atoms with Gasteiger partial charge in [-0.3, -0.25) is 11.3 Å². The van der Waals surface area contributed by atoms with Crippen LogP contribution in [0.1, 0.15) is 11.5 Å². The molecule has 0 aliphatic carbocycles. The van der Waals surface area contributed by atoms with Gasteiger partial charge in [0.05, 0.1) is 0 Å². The van der Waals surface area contributed by atoms with Crippen molar-refractivity contribution in [2.45, 2.75) is 10.8 Å². The minimum atomic E-state index is 0.594. The fourth-order valence-corrected chi connectivity index (χ4v) is 2.79. The van der Waals surface area contributed by atoms with Gasteiger partial charge in [0.15, 0.2) is 0 Å². The Balaban J connectivity index is 2.24. The summed E-state index contributed by atoms with van der Waals surface area (Å²) >= 11 is 1.92. The Kier molecular flexibility index (Phi) is 2.35. The topological polar surface area (TPSA) is 38.0 Å². The summed E-state index contributed by atoms with van der Waals surface area (Å²) < 4.78 is 0. The number of hydrogen-bond donors (Lipinski definition) is 2. The standard InChI is InChI=1S/C9H12N2S/c10-11-5-7-6-12-9-4-2-1-3-8(7)9/h1-4,7,11H,5-6,10H2. The first kappa shape index (κ1) is 8.10. The molecule has 1 aliphatic heterocycles. The van der Waals surface area contributed by atoms with Crippen LogP contribution in [0.5, 0.6) is 0 Å². The highest BCUT2D eigenvalue weighted by Crippen LogP contribution is 2.38. The molecule has 0 spiro atoms. The van der Waals surface area contributed by atoms with E-state index < -0.39 is 0 Å². The van der Waals surface area contributed by atoms with Crippen LogP contribution in [0, 0.1) is 0 Å². The lowest BCUT2D eigenvalue weighted by Gasteiger charge is -2.08. The Labute approximate surface area is 76.5 Å². The molecule has 0 saturated carbocycles. The van der Waals surface area contributed by atoms with E-state index in [0.717, 1.165) is 12.3 Å². The first-order valence-corrected chi connectivity index (χ1v) is 5.05. The molecule has 0 amide bonds. The zero-order valence-corrected chi connectivity index (χ0v) is 7.60. The number of hydrazine groups is 1. The molecule has 3 heteroatoms. The van der Waals surface area contributed by atoms with E-state index in [1.54, 1.807) is 0 Å². The first-order valence-electron chi connectivity index (χ1n) is 4.07. The van der Waals surface area contributed by atoms with Crippen LogP contribution in [0.15, 0.2) is 29.2 Å². The summed E-state index contributed by atoms with van der Waals surface area (Å²) in [5, 5.41) is 0. The van der Waals surface area contributed by atoms with E-state index in [-0.39, 0.29) is 0 Å². The van der Waals surface area contributed by atoms with Crippen LogP contribution in [-0.4, -0.2) is 12.3 Å². The lowest BCUT2D eigenvalue weighted by Crippen LogP contribution is -2.27. The molecule has 0 radical (unpaired) electrons. The number of fused-ring (bicyclic) bond motifs is 1. The van der Waals surface area contributed by atoms with E-state index in [9.17, 15) is 0 Å². The molecule has 2 rings (SSSR count).